The van der Waals surface area contributed by atoms with Gasteiger partial charge in [-0.25, -0.2) is 0 Å². The molecule has 1 aromatic rings. The monoisotopic (exact) mass is 338 g/mol. The summed E-state index contributed by atoms with van der Waals surface area (Å²) in [7, 11) is 3.36. The maximum absolute atomic E-state index is 5.66. The van der Waals surface area contributed by atoms with Gasteiger partial charge in [0.05, 0.1) is 19.5 Å². The molecule has 23 heavy (non-hydrogen) atoms. The van der Waals surface area contributed by atoms with Gasteiger partial charge in [-0.2, -0.15) is 0 Å². The molecule has 0 unspecified atom stereocenters. The highest BCUT2D eigenvalue weighted by atomic mass is 31.1. The van der Waals surface area contributed by atoms with Crippen LogP contribution in [0.5, 0.6) is 11.5 Å². The van der Waals surface area contributed by atoms with E-state index in [9.17, 15) is 0 Å². The number of rotatable bonds is 13. The third-order valence-electron chi connectivity index (χ3n) is 4.28. The van der Waals surface area contributed by atoms with Gasteiger partial charge in [0.2, 0.25) is 0 Å². The van der Waals surface area contributed by atoms with E-state index in [1.54, 1.807) is 14.2 Å². The molecule has 1 rings (SSSR count). The van der Waals surface area contributed by atoms with E-state index in [0.717, 1.165) is 11.5 Å². The largest absolute Gasteiger partial charge is 0.496 e. The minimum absolute atomic E-state index is 0.192. The summed E-state index contributed by atoms with van der Waals surface area (Å²) in [6.07, 6.45) is 13.3. The van der Waals surface area contributed by atoms with Crippen molar-refractivity contribution in [1.82, 2.24) is 0 Å². The molecule has 0 saturated carbocycles. The van der Waals surface area contributed by atoms with Crippen LogP contribution >= 0.6 is 7.92 Å². The molecule has 1 aromatic carbocycles. The Balaban J connectivity index is 2.83. The predicted molar refractivity (Wildman–Crippen MR) is 104 cm³/mol. The van der Waals surface area contributed by atoms with Crippen molar-refractivity contribution in [2.45, 2.75) is 65.2 Å². The zero-order chi connectivity index (χ0) is 16.9. The summed E-state index contributed by atoms with van der Waals surface area (Å²) in [6.45, 7) is 4.55. The Morgan fingerprint density at radius 1 is 0.739 bits per heavy atom. The van der Waals surface area contributed by atoms with E-state index >= 15 is 0 Å². The van der Waals surface area contributed by atoms with Gasteiger partial charge in [-0.15, -0.1) is 0 Å². The van der Waals surface area contributed by atoms with Gasteiger partial charge in [0.15, 0.2) is 0 Å². The fourth-order valence-corrected chi connectivity index (χ4v) is 5.77. The number of hydrogen-bond donors (Lipinski definition) is 0. The van der Waals surface area contributed by atoms with Crippen LogP contribution < -0.4 is 14.8 Å². The summed E-state index contributed by atoms with van der Waals surface area (Å²) in [4.78, 5) is 0. The minimum atomic E-state index is -0.192. The molecule has 0 atom stereocenters. The quantitative estimate of drug-likeness (QED) is 0.326. The lowest BCUT2D eigenvalue weighted by Crippen LogP contribution is -2.13. The first kappa shape index (κ1) is 20.3. The molecule has 0 aliphatic heterocycles. The molecule has 3 heteroatoms. The normalized spacial score (nSPS) is 11.0. The van der Waals surface area contributed by atoms with Crippen molar-refractivity contribution in [3.05, 3.63) is 18.2 Å². The Kier molecular flexibility index (Phi) is 11.2. The van der Waals surface area contributed by atoms with Crippen LogP contribution in [0.15, 0.2) is 18.2 Å². The second-order valence-corrected chi connectivity index (χ2v) is 8.54. The van der Waals surface area contributed by atoms with Crippen molar-refractivity contribution >= 4 is 13.2 Å². The Bertz CT molecular complexity index is 386. The topological polar surface area (TPSA) is 18.5 Å². The van der Waals surface area contributed by atoms with E-state index in [2.05, 4.69) is 26.0 Å². The molecule has 0 aliphatic rings. The molecule has 132 valence electrons. The Hall–Kier alpha value is -0.750. The SMILES string of the molecule is CCCCCCP(CCCCCC)c1c(OC)cccc1OC. The number of ether oxygens (including phenoxy) is 2. The van der Waals surface area contributed by atoms with Crippen LogP contribution in [0, 0.1) is 0 Å². The van der Waals surface area contributed by atoms with Crippen LogP contribution in [0.3, 0.4) is 0 Å². The van der Waals surface area contributed by atoms with E-state index in [1.807, 2.05) is 6.07 Å². The Labute approximate surface area is 144 Å². The van der Waals surface area contributed by atoms with E-state index in [4.69, 9.17) is 9.47 Å². The van der Waals surface area contributed by atoms with E-state index < -0.39 is 0 Å². The molecule has 0 saturated heterocycles. The molecule has 0 radical (unpaired) electrons. The van der Waals surface area contributed by atoms with Gasteiger partial charge in [0, 0.05) is 0 Å². The zero-order valence-electron chi connectivity index (χ0n) is 15.6. The van der Waals surface area contributed by atoms with Crippen LogP contribution in [0.2, 0.25) is 0 Å². The van der Waals surface area contributed by atoms with Crippen molar-refractivity contribution in [3.8, 4) is 11.5 Å². The molecule has 0 aromatic heterocycles. The third kappa shape index (κ3) is 7.12. The number of benzene rings is 1. The summed E-state index contributed by atoms with van der Waals surface area (Å²) < 4.78 is 11.3. The number of methoxy groups -OCH3 is 2. The van der Waals surface area contributed by atoms with Crippen molar-refractivity contribution in [2.75, 3.05) is 26.5 Å². The molecule has 0 heterocycles. The lowest BCUT2D eigenvalue weighted by molar-refractivity contribution is 0.400. The zero-order valence-corrected chi connectivity index (χ0v) is 16.5. The maximum Gasteiger partial charge on any atom is 0.130 e. The number of hydrogen-bond acceptors (Lipinski definition) is 2. The fraction of sp³-hybridized carbons (Fsp3) is 0.700. The van der Waals surface area contributed by atoms with Gasteiger partial charge >= 0.3 is 0 Å². The highest BCUT2D eigenvalue weighted by Gasteiger charge is 2.20. The lowest BCUT2D eigenvalue weighted by Gasteiger charge is -2.23. The van der Waals surface area contributed by atoms with Crippen LogP contribution in [0.25, 0.3) is 0 Å². The second kappa shape index (κ2) is 12.6. The summed E-state index contributed by atoms with van der Waals surface area (Å²) >= 11 is 0. The molecule has 0 aliphatic carbocycles. The first-order valence-electron chi connectivity index (χ1n) is 9.24. The molecule has 2 nitrogen and oxygen atoms in total. The fourth-order valence-electron chi connectivity index (χ4n) is 2.94. The molecular weight excluding hydrogens is 303 g/mol. The van der Waals surface area contributed by atoms with Crippen molar-refractivity contribution in [2.24, 2.45) is 0 Å². The van der Waals surface area contributed by atoms with Crippen molar-refractivity contribution in [1.29, 1.82) is 0 Å². The van der Waals surface area contributed by atoms with Gasteiger partial charge < -0.3 is 9.47 Å². The third-order valence-corrected chi connectivity index (χ3v) is 7.07. The van der Waals surface area contributed by atoms with Gasteiger partial charge in [-0.05, 0) is 37.3 Å². The first-order valence-corrected chi connectivity index (χ1v) is 11.0. The second-order valence-electron chi connectivity index (χ2n) is 6.12. The highest BCUT2D eigenvalue weighted by molar-refractivity contribution is 7.66. The van der Waals surface area contributed by atoms with Crippen molar-refractivity contribution in [3.63, 3.8) is 0 Å². The number of unbranched alkanes of at least 4 members (excludes halogenated alkanes) is 6. The Morgan fingerprint density at radius 3 is 1.61 bits per heavy atom. The average molecular weight is 338 g/mol. The molecule has 0 N–H and O–H groups in total. The van der Waals surface area contributed by atoms with Crippen LogP contribution in [0.1, 0.15) is 65.2 Å². The summed E-state index contributed by atoms with van der Waals surface area (Å²) in [5, 5.41) is 1.35. The minimum Gasteiger partial charge on any atom is -0.496 e. The van der Waals surface area contributed by atoms with E-state index in [1.165, 1.54) is 69.0 Å². The highest BCUT2D eigenvalue weighted by Crippen LogP contribution is 2.43. The smallest absolute Gasteiger partial charge is 0.130 e. The standard InChI is InChI=1S/C20H35O2P/c1-5-7-9-11-16-23(17-12-10-8-6-2)20-18(21-3)14-13-15-19(20)22-4/h13-15H,5-12,16-17H2,1-4H3. The van der Waals surface area contributed by atoms with Gasteiger partial charge in [0.25, 0.3) is 0 Å². The van der Waals surface area contributed by atoms with Gasteiger partial charge in [0.1, 0.15) is 11.5 Å². The van der Waals surface area contributed by atoms with Crippen LogP contribution in [0.4, 0.5) is 0 Å². The average Bonchev–Trinajstić information content (AvgIpc) is 2.59. The van der Waals surface area contributed by atoms with E-state index in [-0.39, 0.29) is 7.92 Å². The summed E-state index contributed by atoms with van der Waals surface area (Å²) in [5.41, 5.74) is 0. The molecule has 0 bridgehead atoms. The van der Waals surface area contributed by atoms with Crippen molar-refractivity contribution < 1.29 is 9.47 Å². The molecular formula is C20H35O2P. The van der Waals surface area contributed by atoms with Gasteiger partial charge in [-0.1, -0.05) is 66.4 Å². The van der Waals surface area contributed by atoms with Gasteiger partial charge in [-0.3, -0.25) is 0 Å². The van der Waals surface area contributed by atoms with E-state index in [0.29, 0.717) is 0 Å². The molecule has 0 amide bonds. The van der Waals surface area contributed by atoms with Crippen LogP contribution in [-0.4, -0.2) is 26.5 Å². The summed E-state index contributed by atoms with van der Waals surface area (Å²) in [5.74, 6) is 2.03. The first-order chi connectivity index (χ1) is 11.3. The lowest BCUT2D eigenvalue weighted by atomic mass is 10.2. The molecule has 0 spiro atoms. The summed E-state index contributed by atoms with van der Waals surface area (Å²) in [6, 6.07) is 6.21. The predicted octanol–water partition coefficient (Wildman–Crippen LogP) is 5.97. The molecule has 0 fully saturated rings. The Morgan fingerprint density at radius 2 is 1.22 bits per heavy atom. The maximum atomic E-state index is 5.66. The van der Waals surface area contributed by atoms with Crippen LogP contribution in [-0.2, 0) is 0 Å².